The number of methoxy groups -OCH3 is 2. The van der Waals surface area contributed by atoms with Crippen molar-refractivity contribution in [1.29, 1.82) is 0 Å². The number of sulfonamides is 1. The molecule has 1 atom stereocenters. The van der Waals surface area contributed by atoms with Gasteiger partial charge in [0, 0.05) is 30.8 Å². The molecule has 0 amide bonds. The molecule has 0 aliphatic heterocycles. The highest BCUT2D eigenvalue weighted by atomic mass is 32.2. The number of hydrogen-bond donors (Lipinski definition) is 2. The van der Waals surface area contributed by atoms with E-state index in [0.717, 1.165) is 12.8 Å². The molecule has 6 nitrogen and oxygen atoms in total. The average Bonchev–Trinajstić information content (AvgIpc) is 2.50. The van der Waals surface area contributed by atoms with Crippen LogP contribution in [-0.4, -0.2) is 35.2 Å². The second-order valence-corrected chi connectivity index (χ2v) is 6.46. The Hall–Kier alpha value is -1.31. The van der Waals surface area contributed by atoms with E-state index in [4.69, 9.17) is 15.2 Å². The summed E-state index contributed by atoms with van der Waals surface area (Å²) in [5, 5.41) is 0. The molecule has 0 fully saturated rings. The first-order valence-electron chi connectivity index (χ1n) is 6.92. The van der Waals surface area contributed by atoms with Crippen molar-refractivity contribution in [2.24, 2.45) is 5.73 Å². The van der Waals surface area contributed by atoms with Gasteiger partial charge in [0.1, 0.15) is 11.5 Å². The Morgan fingerprint density at radius 3 is 2.19 bits per heavy atom. The SMILES string of the molecule is CCCCC(CN)NS(=O)(=O)c1cc(OC)cc(OC)c1. The van der Waals surface area contributed by atoms with Crippen molar-refractivity contribution in [3.63, 3.8) is 0 Å². The molecule has 0 bridgehead atoms. The third-order valence-corrected chi connectivity index (χ3v) is 4.65. The minimum absolute atomic E-state index is 0.105. The molecule has 1 aromatic carbocycles. The van der Waals surface area contributed by atoms with Crippen LogP contribution in [0, 0.1) is 0 Å². The zero-order chi connectivity index (χ0) is 15.9. The summed E-state index contributed by atoms with van der Waals surface area (Å²) in [4.78, 5) is 0.105. The Morgan fingerprint density at radius 2 is 1.76 bits per heavy atom. The van der Waals surface area contributed by atoms with Gasteiger partial charge in [-0.1, -0.05) is 19.8 Å². The topological polar surface area (TPSA) is 90.7 Å². The average molecular weight is 316 g/mol. The van der Waals surface area contributed by atoms with Crippen LogP contribution in [0.25, 0.3) is 0 Å². The third kappa shape index (κ3) is 5.18. The fourth-order valence-electron chi connectivity index (χ4n) is 1.90. The van der Waals surface area contributed by atoms with Crippen LogP contribution in [0.15, 0.2) is 23.1 Å². The van der Waals surface area contributed by atoms with Crippen LogP contribution in [0.1, 0.15) is 26.2 Å². The molecule has 0 spiro atoms. The first kappa shape index (κ1) is 17.7. The van der Waals surface area contributed by atoms with Gasteiger partial charge in [0.2, 0.25) is 10.0 Å². The largest absolute Gasteiger partial charge is 0.497 e. The van der Waals surface area contributed by atoms with Gasteiger partial charge in [0.15, 0.2) is 0 Å². The van der Waals surface area contributed by atoms with Crippen molar-refractivity contribution in [3.8, 4) is 11.5 Å². The number of ether oxygens (including phenoxy) is 2. The molecule has 1 unspecified atom stereocenters. The molecule has 120 valence electrons. The van der Waals surface area contributed by atoms with E-state index in [0.29, 0.717) is 17.9 Å². The predicted octanol–water partition coefficient (Wildman–Crippen LogP) is 1.50. The number of nitrogens with one attached hydrogen (secondary N) is 1. The van der Waals surface area contributed by atoms with Crippen LogP contribution >= 0.6 is 0 Å². The van der Waals surface area contributed by atoms with Gasteiger partial charge in [-0.05, 0) is 6.42 Å². The van der Waals surface area contributed by atoms with Gasteiger partial charge in [-0.25, -0.2) is 13.1 Å². The molecule has 0 aromatic heterocycles. The van der Waals surface area contributed by atoms with Crippen LogP contribution < -0.4 is 19.9 Å². The van der Waals surface area contributed by atoms with Gasteiger partial charge in [-0.15, -0.1) is 0 Å². The standard InChI is InChI=1S/C14H24N2O4S/c1-4-5-6-11(10-15)16-21(17,18)14-8-12(19-2)7-13(9-14)20-3/h7-9,11,16H,4-6,10,15H2,1-3H3. The second-order valence-electron chi connectivity index (χ2n) is 4.74. The Labute approximate surface area is 126 Å². The summed E-state index contributed by atoms with van der Waals surface area (Å²) in [6.07, 6.45) is 2.63. The predicted molar refractivity (Wildman–Crippen MR) is 82.2 cm³/mol. The van der Waals surface area contributed by atoms with E-state index >= 15 is 0 Å². The van der Waals surface area contributed by atoms with Gasteiger partial charge < -0.3 is 15.2 Å². The lowest BCUT2D eigenvalue weighted by molar-refractivity contribution is 0.391. The second kappa shape index (κ2) is 8.21. The molecule has 1 rings (SSSR count). The molecular weight excluding hydrogens is 292 g/mol. The van der Waals surface area contributed by atoms with Crippen molar-refractivity contribution < 1.29 is 17.9 Å². The highest BCUT2D eigenvalue weighted by Gasteiger charge is 2.20. The zero-order valence-corrected chi connectivity index (χ0v) is 13.6. The molecule has 0 radical (unpaired) electrons. The number of hydrogen-bond acceptors (Lipinski definition) is 5. The van der Waals surface area contributed by atoms with Crippen molar-refractivity contribution >= 4 is 10.0 Å². The summed E-state index contributed by atoms with van der Waals surface area (Å²) in [7, 11) is -0.708. The molecule has 0 aliphatic carbocycles. The van der Waals surface area contributed by atoms with Gasteiger partial charge in [0.05, 0.1) is 19.1 Å². The van der Waals surface area contributed by atoms with Crippen LogP contribution in [-0.2, 0) is 10.0 Å². The Kier molecular flexibility index (Phi) is 6.94. The fourth-order valence-corrected chi connectivity index (χ4v) is 3.23. The quantitative estimate of drug-likeness (QED) is 0.720. The van der Waals surface area contributed by atoms with Gasteiger partial charge in [0.25, 0.3) is 0 Å². The summed E-state index contributed by atoms with van der Waals surface area (Å²) in [5.41, 5.74) is 5.63. The lowest BCUT2D eigenvalue weighted by Gasteiger charge is -2.17. The highest BCUT2D eigenvalue weighted by molar-refractivity contribution is 7.89. The number of rotatable bonds is 9. The summed E-state index contributed by atoms with van der Waals surface area (Å²) in [5.74, 6) is 0.847. The maximum absolute atomic E-state index is 12.4. The third-order valence-electron chi connectivity index (χ3n) is 3.15. The lowest BCUT2D eigenvalue weighted by atomic mass is 10.1. The van der Waals surface area contributed by atoms with Gasteiger partial charge in [-0.3, -0.25) is 0 Å². The molecule has 0 aliphatic rings. The normalized spacial score (nSPS) is 13.0. The number of nitrogens with two attached hydrogens (primary N) is 1. The Bertz CT molecular complexity index is 524. The minimum Gasteiger partial charge on any atom is -0.497 e. The van der Waals surface area contributed by atoms with Crippen molar-refractivity contribution in [3.05, 3.63) is 18.2 Å². The molecule has 21 heavy (non-hydrogen) atoms. The van der Waals surface area contributed by atoms with E-state index in [1.54, 1.807) is 6.07 Å². The fraction of sp³-hybridized carbons (Fsp3) is 0.571. The lowest BCUT2D eigenvalue weighted by Crippen LogP contribution is -2.40. The van der Waals surface area contributed by atoms with E-state index in [1.165, 1.54) is 26.4 Å². The summed E-state index contributed by atoms with van der Waals surface area (Å²) in [6, 6.07) is 4.26. The number of benzene rings is 1. The van der Waals surface area contributed by atoms with Crippen molar-refractivity contribution in [2.75, 3.05) is 20.8 Å². The molecule has 0 saturated carbocycles. The van der Waals surface area contributed by atoms with Gasteiger partial charge in [-0.2, -0.15) is 0 Å². The van der Waals surface area contributed by atoms with Crippen LogP contribution in [0.5, 0.6) is 11.5 Å². The summed E-state index contributed by atoms with van der Waals surface area (Å²) in [6.45, 7) is 2.31. The smallest absolute Gasteiger partial charge is 0.241 e. The highest BCUT2D eigenvalue weighted by Crippen LogP contribution is 2.25. The van der Waals surface area contributed by atoms with Gasteiger partial charge >= 0.3 is 0 Å². The first-order valence-corrected chi connectivity index (χ1v) is 8.40. The maximum Gasteiger partial charge on any atom is 0.241 e. The first-order chi connectivity index (χ1) is 9.96. The summed E-state index contributed by atoms with van der Waals surface area (Å²) >= 11 is 0. The minimum atomic E-state index is -3.66. The molecular formula is C14H24N2O4S. The Balaban J connectivity index is 3.00. The van der Waals surface area contributed by atoms with E-state index < -0.39 is 10.0 Å². The molecule has 1 aromatic rings. The van der Waals surface area contributed by atoms with Crippen LogP contribution in [0.3, 0.4) is 0 Å². The molecule has 0 heterocycles. The van der Waals surface area contributed by atoms with Crippen LogP contribution in [0.2, 0.25) is 0 Å². The van der Waals surface area contributed by atoms with E-state index in [-0.39, 0.29) is 17.5 Å². The summed E-state index contributed by atoms with van der Waals surface area (Å²) < 4.78 is 37.7. The molecule has 0 saturated heterocycles. The number of unbranched alkanes of at least 4 members (excludes halogenated alkanes) is 1. The van der Waals surface area contributed by atoms with Crippen LogP contribution in [0.4, 0.5) is 0 Å². The molecule has 7 heteroatoms. The zero-order valence-electron chi connectivity index (χ0n) is 12.8. The van der Waals surface area contributed by atoms with Crippen molar-refractivity contribution in [2.45, 2.75) is 37.1 Å². The van der Waals surface area contributed by atoms with E-state index in [2.05, 4.69) is 11.6 Å². The van der Waals surface area contributed by atoms with E-state index in [9.17, 15) is 8.42 Å². The molecule has 3 N–H and O–H groups in total. The van der Waals surface area contributed by atoms with E-state index in [1.807, 2.05) is 0 Å². The Morgan fingerprint density at radius 1 is 1.19 bits per heavy atom. The monoisotopic (exact) mass is 316 g/mol. The maximum atomic E-state index is 12.4. The van der Waals surface area contributed by atoms with Crippen molar-refractivity contribution in [1.82, 2.24) is 4.72 Å².